The zero-order valence-electron chi connectivity index (χ0n) is 16.9. The van der Waals surface area contributed by atoms with Gasteiger partial charge in [-0.25, -0.2) is 0 Å². The van der Waals surface area contributed by atoms with Gasteiger partial charge in [-0.3, -0.25) is 9.69 Å². The zero-order valence-corrected chi connectivity index (χ0v) is 17.7. The number of rotatable bonds is 8. The minimum Gasteiger partial charge on any atom is -0.497 e. The van der Waals surface area contributed by atoms with Crippen molar-refractivity contribution in [3.63, 3.8) is 0 Å². The first kappa shape index (κ1) is 20.9. The maximum Gasteiger partial charge on any atom is 0.242 e. The number of para-hydroxylation sites is 1. The fraction of sp³-hybridized carbons (Fsp3) is 0.318. The van der Waals surface area contributed by atoms with Crippen LogP contribution in [0.2, 0.25) is 0 Å². The van der Waals surface area contributed by atoms with Crippen LogP contribution in [0.1, 0.15) is 30.9 Å². The van der Waals surface area contributed by atoms with Crippen LogP contribution in [-0.2, 0) is 11.3 Å². The highest BCUT2D eigenvalue weighted by atomic mass is 32.2. The molecule has 1 unspecified atom stereocenters. The van der Waals surface area contributed by atoms with Crippen molar-refractivity contribution in [3.05, 3.63) is 59.7 Å². The normalized spacial score (nSPS) is 18.0. The summed E-state index contributed by atoms with van der Waals surface area (Å²) in [6.07, 6.45) is 3.41. The molecule has 2 aromatic carbocycles. The van der Waals surface area contributed by atoms with Gasteiger partial charge in [-0.2, -0.15) is 5.10 Å². The fourth-order valence-corrected chi connectivity index (χ4v) is 4.22. The molecule has 3 rings (SSSR count). The van der Waals surface area contributed by atoms with E-state index in [1.807, 2.05) is 48.5 Å². The van der Waals surface area contributed by atoms with Crippen molar-refractivity contribution in [1.82, 2.24) is 4.90 Å². The van der Waals surface area contributed by atoms with Crippen molar-refractivity contribution >= 4 is 29.1 Å². The molecule has 1 fully saturated rings. The fourth-order valence-electron chi connectivity index (χ4n) is 3.00. The van der Waals surface area contributed by atoms with Crippen LogP contribution in [0.15, 0.2) is 58.7 Å². The summed E-state index contributed by atoms with van der Waals surface area (Å²) < 4.78 is 10.5. The maximum absolute atomic E-state index is 12.9. The number of ether oxygens (including phenoxy) is 2. The summed E-state index contributed by atoms with van der Waals surface area (Å²) in [6.45, 7) is 2.54. The Balaban J connectivity index is 1.81. The number of hydrogen-bond acceptors (Lipinski definition) is 6. The van der Waals surface area contributed by atoms with Gasteiger partial charge in [0.25, 0.3) is 0 Å². The zero-order chi connectivity index (χ0) is 20.6. The smallest absolute Gasteiger partial charge is 0.242 e. The lowest BCUT2D eigenvalue weighted by Crippen LogP contribution is -2.31. The van der Waals surface area contributed by atoms with E-state index in [1.54, 1.807) is 25.3 Å². The third kappa shape index (κ3) is 5.17. The monoisotopic (exact) mass is 411 g/mol. The molecule has 29 heavy (non-hydrogen) atoms. The molecule has 152 valence electrons. The molecule has 6 nitrogen and oxygen atoms in total. The lowest BCUT2D eigenvalue weighted by atomic mass is 10.2. The molecule has 7 heteroatoms. The van der Waals surface area contributed by atoms with E-state index in [0.29, 0.717) is 11.7 Å². The number of amides is 1. The molecular formula is C22H25N3O3S. The lowest BCUT2D eigenvalue weighted by Gasteiger charge is -2.16. The average Bonchev–Trinajstić information content (AvgIpc) is 3.04. The molecule has 0 spiro atoms. The molecule has 0 aromatic heterocycles. The van der Waals surface area contributed by atoms with Crippen LogP contribution in [0.4, 0.5) is 0 Å². The topological polar surface area (TPSA) is 63.5 Å². The third-order valence-electron chi connectivity index (χ3n) is 4.55. The summed E-state index contributed by atoms with van der Waals surface area (Å²) in [6, 6.07) is 15.3. The Morgan fingerprint density at radius 3 is 2.55 bits per heavy atom. The van der Waals surface area contributed by atoms with Gasteiger partial charge in [0.15, 0.2) is 5.17 Å². The molecule has 1 aliphatic heterocycles. The van der Waals surface area contributed by atoms with Gasteiger partial charge in [-0.05, 0) is 36.2 Å². The minimum absolute atomic E-state index is 0.0823. The third-order valence-corrected chi connectivity index (χ3v) is 5.78. The van der Waals surface area contributed by atoms with Crippen LogP contribution in [0, 0.1) is 0 Å². The molecule has 1 saturated heterocycles. The van der Waals surface area contributed by atoms with Gasteiger partial charge in [0, 0.05) is 5.56 Å². The lowest BCUT2D eigenvalue weighted by molar-refractivity contribution is -0.126. The predicted octanol–water partition coefficient (Wildman–Crippen LogP) is 4.34. The quantitative estimate of drug-likeness (QED) is 0.479. The molecule has 1 aliphatic rings. The summed E-state index contributed by atoms with van der Waals surface area (Å²) in [7, 11) is 3.26. The average molecular weight is 412 g/mol. The number of benzene rings is 2. The SMILES string of the molecule is CCCC1SC(=NN=Cc2ccccc2OC)N(Cc2ccc(OC)cc2)C1=O. The highest BCUT2D eigenvalue weighted by Gasteiger charge is 2.37. The van der Waals surface area contributed by atoms with Crippen LogP contribution >= 0.6 is 11.8 Å². The second-order valence-electron chi connectivity index (χ2n) is 6.54. The van der Waals surface area contributed by atoms with Gasteiger partial charge < -0.3 is 9.47 Å². The first-order valence-corrected chi connectivity index (χ1v) is 10.4. The number of methoxy groups -OCH3 is 2. The molecule has 0 N–H and O–H groups in total. The minimum atomic E-state index is -0.113. The summed E-state index contributed by atoms with van der Waals surface area (Å²) >= 11 is 1.48. The molecule has 0 radical (unpaired) electrons. The Morgan fingerprint density at radius 2 is 1.86 bits per heavy atom. The standard InChI is InChI=1S/C22H25N3O3S/c1-4-7-20-21(26)25(15-16-10-12-18(27-2)13-11-16)22(29-20)24-23-14-17-8-5-6-9-19(17)28-3/h5-6,8-14,20H,4,7,15H2,1-3H3. The van der Waals surface area contributed by atoms with Gasteiger partial charge in [-0.15, -0.1) is 5.10 Å². The van der Waals surface area contributed by atoms with Crippen molar-refractivity contribution in [2.75, 3.05) is 14.2 Å². The summed E-state index contributed by atoms with van der Waals surface area (Å²) in [5.74, 6) is 1.60. The Kier molecular flexibility index (Phi) is 7.30. The Hall–Kier alpha value is -2.80. The van der Waals surface area contributed by atoms with Crippen molar-refractivity contribution in [2.45, 2.75) is 31.6 Å². The number of nitrogens with zero attached hydrogens (tertiary/aromatic N) is 3. The molecule has 1 amide bonds. The molecule has 0 aliphatic carbocycles. The van der Waals surface area contributed by atoms with E-state index in [0.717, 1.165) is 35.5 Å². The van der Waals surface area contributed by atoms with Crippen molar-refractivity contribution in [2.24, 2.45) is 10.2 Å². The molecule has 2 aromatic rings. The summed E-state index contributed by atoms with van der Waals surface area (Å²) in [5, 5.41) is 9.10. The second-order valence-corrected chi connectivity index (χ2v) is 7.71. The van der Waals surface area contributed by atoms with E-state index in [9.17, 15) is 4.79 Å². The van der Waals surface area contributed by atoms with Crippen LogP contribution in [0.25, 0.3) is 0 Å². The predicted molar refractivity (Wildman–Crippen MR) is 118 cm³/mol. The van der Waals surface area contributed by atoms with E-state index in [1.165, 1.54) is 11.8 Å². The van der Waals surface area contributed by atoms with Crippen LogP contribution in [0.3, 0.4) is 0 Å². The Morgan fingerprint density at radius 1 is 1.10 bits per heavy atom. The van der Waals surface area contributed by atoms with Gasteiger partial charge in [0.05, 0.1) is 32.2 Å². The highest BCUT2D eigenvalue weighted by Crippen LogP contribution is 2.32. The van der Waals surface area contributed by atoms with E-state index in [4.69, 9.17) is 9.47 Å². The van der Waals surface area contributed by atoms with E-state index in [2.05, 4.69) is 17.1 Å². The number of amidine groups is 1. The first-order valence-electron chi connectivity index (χ1n) is 9.51. The Bertz CT molecular complexity index is 896. The number of thioether (sulfide) groups is 1. The van der Waals surface area contributed by atoms with Gasteiger partial charge in [0.1, 0.15) is 11.5 Å². The number of carbonyl (C=O) groups excluding carboxylic acids is 1. The maximum atomic E-state index is 12.9. The number of hydrogen-bond donors (Lipinski definition) is 0. The summed E-state index contributed by atoms with van der Waals surface area (Å²) in [5.41, 5.74) is 1.85. The molecular weight excluding hydrogens is 386 g/mol. The molecule has 0 saturated carbocycles. The van der Waals surface area contributed by atoms with Crippen LogP contribution < -0.4 is 9.47 Å². The Labute approximate surface area is 175 Å². The summed E-state index contributed by atoms with van der Waals surface area (Å²) in [4.78, 5) is 14.6. The van der Waals surface area contributed by atoms with Crippen molar-refractivity contribution in [1.29, 1.82) is 0 Å². The van der Waals surface area contributed by atoms with E-state index in [-0.39, 0.29) is 11.2 Å². The molecule has 0 bridgehead atoms. The van der Waals surface area contributed by atoms with Gasteiger partial charge in [0.2, 0.25) is 5.91 Å². The van der Waals surface area contributed by atoms with Crippen LogP contribution in [0.5, 0.6) is 11.5 Å². The molecule has 1 heterocycles. The highest BCUT2D eigenvalue weighted by molar-refractivity contribution is 8.15. The van der Waals surface area contributed by atoms with Crippen molar-refractivity contribution in [3.8, 4) is 11.5 Å². The van der Waals surface area contributed by atoms with Crippen LogP contribution in [-0.4, -0.2) is 41.7 Å². The van der Waals surface area contributed by atoms with Gasteiger partial charge in [-0.1, -0.05) is 49.4 Å². The molecule has 1 atom stereocenters. The first-order chi connectivity index (χ1) is 14.2. The van der Waals surface area contributed by atoms with E-state index < -0.39 is 0 Å². The van der Waals surface area contributed by atoms with E-state index >= 15 is 0 Å². The van der Waals surface area contributed by atoms with Crippen molar-refractivity contribution < 1.29 is 14.3 Å². The number of carbonyl (C=O) groups is 1. The largest absolute Gasteiger partial charge is 0.497 e. The van der Waals surface area contributed by atoms with Gasteiger partial charge >= 0.3 is 0 Å². The second kappa shape index (κ2) is 10.1.